The molecule has 0 aromatic carbocycles. The van der Waals surface area contributed by atoms with Gasteiger partial charge in [0, 0.05) is 91.7 Å². The van der Waals surface area contributed by atoms with Crippen LogP contribution in [0.2, 0.25) is 0 Å². The summed E-state index contributed by atoms with van der Waals surface area (Å²) in [5.74, 6) is 0. The number of hydrogen-bond donors (Lipinski definition) is 0. The molecule has 3 radical (unpaired) electrons. The van der Waals surface area contributed by atoms with E-state index in [0.29, 0.717) is 0 Å². The van der Waals surface area contributed by atoms with Gasteiger partial charge < -0.3 is 195 Å². The summed E-state index contributed by atoms with van der Waals surface area (Å²) in [6.07, 6.45) is 0. The molecular weight excluding hydrogens is 1360 g/mol. The molecule has 0 amide bonds. The van der Waals surface area contributed by atoms with E-state index >= 15 is 0 Å². The maximum Gasteiger partial charge on any atom is 3.00 e. The Kier molecular flexibility index (Phi) is 875. The van der Waals surface area contributed by atoms with Crippen molar-refractivity contribution < 1.29 is 247 Å². The standard InChI is InChI=1S/3Al.3Ca.3Fe.3Mg.10O3Si.10H2O/c;;;;;;;;;;;;10*1-4(2)3;;;;;;;;;;/h;;;;;;;;;;;;;;;;;;;;;;10*1H2/q3*+3;3*+2;3*+3;3*+2;10*-2;;;;;;;;;;/p-10. The molecule has 0 unspecified atom stereocenters. The third kappa shape index (κ3) is 10600. The van der Waals surface area contributed by atoms with Gasteiger partial charge in [0.05, 0.1) is 0 Å². The van der Waals surface area contributed by atoms with Gasteiger partial charge in [0.25, 0.3) is 0 Å². The molecule has 335 valence electrons. The van der Waals surface area contributed by atoms with Crippen molar-refractivity contribution in [3.63, 3.8) is 0 Å². The first-order valence-corrected chi connectivity index (χ1v) is 18.4. The van der Waals surface area contributed by atoms with Crippen molar-refractivity contribution >= 4 is 326 Å². The Morgan fingerprint density at radius 2 is 0.177 bits per heavy atom. The summed E-state index contributed by atoms with van der Waals surface area (Å²) in [5.41, 5.74) is 0. The second-order valence-corrected chi connectivity index (χ2v) is 7.50. The molecule has 0 bridgehead atoms. The van der Waals surface area contributed by atoms with Crippen LogP contribution in [0.5, 0.6) is 0 Å². The SMILES string of the molecule is O=[Si]([O-])[O-].O=[Si]([O-])[O-].O=[Si]([O-])[O-].O=[Si]([O-])[O-].O=[Si]([O-])[O-].O=[Si]([O-])[O-].O=[Si]([O-])[O-].O=[Si]([O-])[O-].O=[Si]([O-])[O-].O=[Si]([O-])[O-].[Al+3].[Al+3].[Al+3].[Ca+2].[Ca+2].[Ca+2].[Fe+3].[Fe+3].[Fe+3].[Mg+2].[Mg+2].[Mg+2].[OH-].[OH-].[OH-].[OH-].[OH-].[OH-].[OH-].[OH-].[OH-].[OH-]. The molecule has 0 aliphatic heterocycles. The van der Waals surface area contributed by atoms with Gasteiger partial charge in [0.15, 0.2) is 0 Å². The number of rotatable bonds is 0. The Hall–Kier alpha value is 5.00. The quantitative estimate of drug-likeness (QED) is 0.203. The molecule has 62 heavy (non-hydrogen) atoms. The second-order valence-electron chi connectivity index (χ2n) is 2.50. The third-order valence-corrected chi connectivity index (χ3v) is 0. The summed E-state index contributed by atoms with van der Waals surface area (Å²) in [6.45, 7) is 0. The van der Waals surface area contributed by atoms with Gasteiger partial charge in [-0.2, -0.15) is 0 Å². The largest absolute Gasteiger partial charge is 3.00 e. The fraction of sp³-hybridized carbons (Fsp3) is 0. The van der Waals surface area contributed by atoms with Crippen LogP contribution in [-0.4, -0.2) is 381 Å². The van der Waals surface area contributed by atoms with Crippen molar-refractivity contribution in [2.24, 2.45) is 0 Å². The molecular formula is H10Al3Ca3Fe3Mg3O40Si10. The van der Waals surface area contributed by atoms with Gasteiger partial charge in [-0.05, 0) is 0 Å². The molecule has 0 saturated heterocycles. The predicted octanol–water partition coefficient (Wildman–Crippen LogP) is -34.0. The van der Waals surface area contributed by atoms with Crippen LogP contribution in [-0.2, 0) is 95.8 Å². The maximum atomic E-state index is 8.52. The zero-order valence-electron chi connectivity index (χ0n) is 28.8. The van der Waals surface area contributed by atoms with Crippen molar-refractivity contribution in [3.05, 3.63) is 0 Å². The molecule has 0 fully saturated rings. The molecule has 62 heteroatoms. The van der Waals surface area contributed by atoms with Crippen LogP contribution in [0.3, 0.4) is 0 Å². The third-order valence-electron chi connectivity index (χ3n) is 0. The molecule has 0 spiro atoms. The predicted molar refractivity (Wildman–Crippen MR) is 136 cm³/mol. The topological polar surface area (TPSA) is 932 Å². The summed E-state index contributed by atoms with van der Waals surface area (Å²) in [4.78, 5) is 170. The van der Waals surface area contributed by atoms with Gasteiger partial charge in [-0.3, -0.25) is 0 Å². The van der Waals surface area contributed by atoms with Crippen LogP contribution < -0.4 is 95.9 Å². The van der Waals surface area contributed by atoms with Gasteiger partial charge in [-0.15, -0.1) is 0 Å². The van der Waals surface area contributed by atoms with Crippen LogP contribution in [0.15, 0.2) is 0 Å². The van der Waals surface area contributed by atoms with E-state index in [1.54, 1.807) is 0 Å². The van der Waals surface area contributed by atoms with E-state index in [1.807, 2.05) is 0 Å². The van der Waals surface area contributed by atoms with E-state index in [0.717, 1.165) is 0 Å². The van der Waals surface area contributed by atoms with Gasteiger partial charge in [-0.25, -0.2) is 0 Å². The minimum atomic E-state index is -3.63. The first-order valence-electron chi connectivity index (χ1n) is 6.12. The zero-order chi connectivity index (χ0) is 35.8. The van der Waals surface area contributed by atoms with Gasteiger partial charge >= 0.3 is 286 Å². The van der Waals surface area contributed by atoms with E-state index in [2.05, 4.69) is 0 Å². The maximum absolute atomic E-state index is 8.52. The van der Waals surface area contributed by atoms with Crippen LogP contribution in [0.25, 0.3) is 0 Å². The Morgan fingerprint density at radius 3 is 0.177 bits per heavy atom. The minimum Gasteiger partial charge on any atom is -0.870 e. The first kappa shape index (κ1) is 238. The summed E-state index contributed by atoms with van der Waals surface area (Å²) in [6, 6.07) is 0. The average Bonchev–Trinajstić information content (AvgIpc) is 2.47. The van der Waals surface area contributed by atoms with Crippen LogP contribution >= 0.6 is 0 Å². The van der Waals surface area contributed by atoms with E-state index in [9.17, 15) is 0 Å². The minimum absolute atomic E-state index is 0. The van der Waals surface area contributed by atoms with Crippen molar-refractivity contribution in [2.45, 2.75) is 0 Å². The molecule has 0 aromatic rings. The van der Waals surface area contributed by atoms with Crippen molar-refractivity contribution in [2.75, 3.05) is 0 Å². The van der Waals surface area contributed by atoms with Crippen LogP contribution in [0, 0.1) is 0 Å². The van der Waals surface area contributed by atoms with Crippen molar-refractivity contribution in [3.8, 4) is 0 Å². The Labute approximate surface area is 562 Å². The normalized spacial score (nSPS) is 3.87. The summed E-state index contributed by atoms with van der Waals surface area (Å²) in [5, 5.41) is 0. The molecule has 0 saturated carbocycles. The fourth-order valence-electron chi connectivity index (χ4n) is 0. The van der Waals surface area contributed by atoms with E-state index in [4.69, 9.17) is 141 Å². The molecule has 0 aliphatic carbocycles. The van der Waals surface area contributed by atoms with Crippen molar-refractivity contribution in [1.29, 1.82) is 0 Å². The van der Waals surface area contributed by atoms with E-state index in [-0.39, 0.29) is 340 Å². The first-order chi connectivity index (χ1) is 17.3. The zero-order valence-corrected chi connectivity index (χ0v) is 56.4. The Bertz CT molecular complexity index is 534. The van der Waals surface area contributed by atoms with Gasteiger partial charge in [-0.1, -0.05) is 0 Å². The van der Waals surface area contributed by atoms with Crippen LogP contribution in [0.4, 0.5) is 0 Å². The summed E-state index contributed by atoms with van der Waals surface area (Å²) in [7, 11) is -36.3. The smallest absolute Gasteiger partial charge is 0.870 e. The summed E-state index contributed by atoms with van der Waals surface area (Å²) >= 11 is 0. The van der Waals surface area contributed by atoms with E-state index < -0.39 is 91.7 Å². The Morgan fingerprint density at radius 1 is 0.177 bits per heavy atom. The number of hydrogen-bond acceptors (Lipinski definition) is 40. The van der Waals surface area contributed by atoms with Gasteiger partial charge in [0.1, 0.15) is 0 Å². The molecule has 10 N–H and O–H groups in total. The fourth-order valence-corrected chi connectivity index (χ4v) is 0. The summed E-state index contributed by atoms with van der Waals surface area (Å²) < 4.78 is 85.2. The molecule has 0 atom stereocenters. The van der Waals surface area contributed by atoms with E-state index in [1.165, 1.54) is 0 Å². The molecule has 0 aromatic heterocycles. The Balaban J connectivity index is -0.00000000517. The van der Waals surface area contributed by atoms with Crippen LogP contribution in [0.1, 0.15) is 0 Å². The molecule has 40 nitrogen and oxygen atoms in total. The molecule has 0 heterocycles. The second kappa shape index (κ2) is 228. The average molecular weight is 1370 g/mol. The van der Waals surface area contributed by atoms with Crippen molar-refractivity contribution in [1.82, 2.24) is 0 Å². The molecule has 0 rings (SSSR count). The molecule has 0 aliphatic rings. The van der Waals surface area contributed by atoms with Gasteiger partial charge in [0.2, 0.25) is 0 Å². The monoisotopic (exact) mass is 1370 g/mol.